The van der Waals surface area contributed by atoms with E-state index in [9.17, 15) is 14.4 Å². The summed E-state index contributed by atoms with van der Waals surface area (Å²) in [6.07, 6.45) is 0. The maximum absolute atomic E-state index is 12.6. The second-order valence-corrected chi connectivity index (χ2v) is 5.65. The fraction of sp³-hybridized carbons (Fsp3) is 0.333. The fourth-order valence-electron chi connectivity index (χ4n) is 2.64. The summed E-state index contributed by atoms with van der Waals surface area (Å²) in [6, 6.07) is 4.02. The molecule has 7 nitrogen and oxygen atoms in total. The first-order valence-electron chi connectivity index (χ1n) is 7.10. The number of benzene rings is 1. The summed E-state index contributed by atoms with van der Waals surface area (Å²) in [4.78, 5) is 38.1. The lowest BCUT2D eigenvalue weighted by atomic mass is 9.99. The second-order valence-electron chi connectivity index (χ2n) is 5.25. The normalized spacial score (nSPS) is 22.7. The number of imide groups is 1. The number of carbonyl (C=O) groups is 3. The number of carbonyl (C=O) groups excluding carboxylic acids is 3. The first-order chi connectivity index (χ1) is 11.0. The van der Waals surface area contributed by atoms with Crippen LogP contribution in [0.1, 0.15) is 12.5 Å². The highest BCUT2D eigenvalue weighted by Gasteiger charge is 2.55. The maximum atomic E-state index is 12.6. The molecule has 1 fully saturated rings. The summed E-state index contributed by atoms with van der Waals surface area (Å²) < 4.78 is 4.88. The van der Waals surface area contributed by atoms with Crippen LogP contribution in [0.5, 0.6) is 0 Å². The summed E-state index contributed by atoms with van der Waals surface area (Å²) in [5, 5.41) is 4.25. The van der Waals surface area contributed by atoms with Gasteiger partial charge in [-0.25, -0.2) is 9.69 Å². The first kappa shape index (κ1) is 15.5. The molecule has 1 aromatic carbocycles. The Hall–Kier alpha value is -2.41. The number of hydrogen-bond acceptors (Lipinski definition) is 6. The van der Waals surface area contributed by atoms with E-state index in [1.807, 2.05) is 6.92 Å². The van der Waals surface area contributed by atoms with Crippen LogP contribution in [-0.4, -0.2) is 36.1 Å². The molecule has 1 N–H and O–H groups in total. The third-order valence-electron chi connectivity index (χ3n) is 3.82. The zero-order valence-electron chi connectivity index (χ0n) is 12.5. The van der Waals surface area contributed by atoms with Crippen molar-refractivity contribution in [2.24, 2.45) is 11.0 Å². The highest BCUT2D eigenvalue weighted by molar-refractivity contribution is 6.46. The minimum Gasteiger partial charge on any atom is -0.461 e. The van der Waals surface area contributed by atoms with Crippen LogP contribution in [0.25, 0.3) is 0 Å². The number of esters is 1. The highest BCUT2D eigenvalue weighted by atomic mass is 35.5. The van der Waals surface area contributed by atoms with E-state index in [1.54, 1.807) is 25.1 Å². The Bertz CT molecular complexity index is 746. The molecule has 0 spiro atoms. The van der Waals surface area contributed by atoms with Crippen molar-refractivity contribution in [3.8, 4) is 0 Å². The fourth-order valence-corrected chi connectivity index (χ4v) is 2.81. The average molecular weight is 336 g/mol. The van der Waals surface area contributed by atoms with Crippen LogP contribution in [0.3, 0.4) is 0 Å². The third kappa shape index (κ3) is 2.37. The van der Waals surface area contributed by atoms with Crippen molar-refractivity contribution < 1.29 is 19.1 Å². The summed E-state index contributed by atoms with van der Waals surface area (Å²) in [5.41, 5.74) is 3.69. The van der Waals surface area contributed by atoms with Gasteiger partial charge in [0, 0.05) is 5.02 Å². The van der Waals surface area contributed by atoms with Crippen LogP contribution in [-0.2, 0) is 19.1 Å². The minimum absolute atomic E-state index is 0.0732. The first-order valence-corrected chi connectivity index (χ1v) is 7.47. The van der Waals surface area contributed by atoms with E-state index in [0.717, 1.165) is 10.5 Å². The molecule has 2 heterocycles. The van der Waals surface area contributed by atoms with E-state index >= 15 is 0 Å². The van der Waals surface area contributed by atoms with Gasteiger partial charge < -0.3 is 4.74 Å². The van der Waals surface area contributed by atoms with Gasteiger partial charge in [-0.15, -0.1) is 0 Å². The SMILES string of the molecule is CCOC(=O)C1=NN[C@@H]2C(=O)N(c3ccc(C)c(Cl)c3)C(=O)[C@@H]12. The topological polar surface area (TPSA) is 88.1 Å². The van der Waals surface area contributed by atoms with Gasteiger partial charge in [0.25, 0.3) is 5.91 Å². The predicted molar refractivity (Wildman–Crippen MR) is 83.2 cm³/mol. The molecule has 120 valence electrons. The molecule has 0 radical (unpaired) electrons. The van der Waals surface area contributed by atoms with E-state index in [0.29, 0.717) is 10.7 Å². The van der Waals surface area contributed by atoms with Crippen molar-refractivity contribution >= 4 is 40.8 Å². The van der Waals surface area contributed by atoms with Crippen molar-refractivity contribution in [3.63, 3.8) is 0 Å². The van der Waals surface area contributed by atoms with Crippen molar-refractivity contribution in [3.05, 3.63) is 28.8 Å². The monoisotopic (exact) mass is 335 g/mol. The molecular formula is C15H14ClN3O4. The molecule has 23 heavy (non-hydrogen) atoms. The molecule has 0 bridgehead atoms. The summed E-state index contributed by atoms with van der Waals surface area (Å²) >= 11 is 6.07. The van der Waals surface area contributed by atoms with Gasteiger partial charge in [-0.05, 0) is 31.5 Å². The molecule has 2 amide bonds. The quantitative estimate of drug-likeness (QED) is 0.658. The summed E-state index contributed by atoms with van der Waals surface area (Å²) in [6.45, 7) is 3.64. The number of hydrazone groups is 1. The average Bonchev–Trinajstić information content (AvgIpc) is 3.04. The van der Waals surface area contributed by atoms with E-state index in [1.165, 1.54) is 0 Å². The van der Waals surface area contributed by atoms with Crippen LogP contribution < -0.4 is 10.3 Å². The number of amides is 2. The number of anilines is 1. The van der Waals surface area contributed by atoms with Gasteiger partial charge in [-0.2, -0.15) is 5.10 Å². The lowest BCUT2D eigenvalue weighted by Gasteiger charge is -2.16. The van der Waals surface area contributed by atoms with E-state index in [4.69, 9.17) is 16.3 Å². The van der Waals surface area contributed by atoms with Gasteiger partial charge in [0.05, 0.1) is 12.3 Å². The molecule has 8 heteroatoms. The Morgan fingerprint density at radius 1 is 1.39 bits per heavy atom. The van der Waals surface area contributed by atoms with Gasteiger partial charge in [-0.1, -0.05) is 17.7 Å². The summed E-state index contributed by atoms with van der Waals surface area (Å²) in [5.74, 6) is -2.65. The highest BCUT2D eigenvalue weighted by Crippen LogP contribution is 2.32. The Morgan fingerprint density at radius 2 is 2.13 bits per heavy atom. The third-order valence-corrected chi connectivity index (χ3v) is 4.23. The molecule has 0 saturated carbocycles. The lowest BCUT2D eigenvalue weighted by molar-refractivity contribution is -0.136. The molecule has 3 rings (SSSR count). The number of nitrogens with zero attached hydrogens (tertiary/aromatic N) is 2. The van der Waals surface area contributed by atoms with Crippen LogP contribution in [0.2, 0.25) is 5.02 Å². The molecular weight excluding hydrogens is 322 g/mol. The number of nitrogens with one attached hydrogen (secondary N) is 1. The maximum Gasteiger partial charge on any atom is 0.355 e. The Morgan fingerprint density at radius 3 is 2.78 bits per heavy atom. The van der Waals surface area contributed by atoms with Crippen molar-refractivity contribution in [1.29, 1.82) is 0 Å². The molecule has 1 aromatic rings. The number of ether oxygens (including phenoxy) is 1. The number of aryl methyl sites for hydroxylation is 1. The van der Waals surface area contributed by atoms with Crippen molar-refractivity contribution in [1.82, 2.24) is 5.43 Å². The second kappa shape index (κ2) is 5.66. The zero-order chi connectivity index (χ0) is 16.7. The predicted octanol–water partition coefficient (Wildman–Crippen LogP) is 1.03. The number of fused-ring (bicyclic) bond motifs is 1. The van der Waals surface area contributed by atoms with Crippen molar-refractivity contribution in [2.75, 3.05) is 11.5 Å². The molecule has 2 aliphatic heterocycles. The lowest BCUT2D eigenvalue weighted by Crippen LogP contribution is -2.36. The van der Waals surface area contributed by atoms with E-state index < -0.39 is 29.7 Å². The largest absolute Gasteiger partial charge is 0.461 e. The van der Waals surface area contributed by atoms with E-state index in [2.05, 4.69) is 10.5 Å². The van der Waals surface area contributed by atoms with Crippen LogP contribution in [0.4, 0.5) is 5.69 Å². The van der Waals surface area contributed by atoms with Crippen molar-refractivity contribution in [2.45, 2.75) is 19.9 Å². The number of halogens is 1. The molecule has 1 saturated heterocycles. The van der Waals surface area contributed by atoms with Crippen LogP contribution >= 0.6 is 11.6 Å². The number of rotatable bonds is 3. The standard InChI is InChI=1S/C15H14ClN3O4/c1-3-23-15(22)12-10-11(17-18-12)14(21)19(13(10)20)8-5-4-7(2)9(16)6-8/h4-6,10-11,17H,3H2,1-2H3/t10-,11+/m1/s1. The van der Waals surface area contributed by atoms with E-state index in [-0.39, 0.29) is 12.3 Å². The van der Waals surface area contributed by atoms with Gasteiger partial charge in [0.1, 0.15) is 12.0 Å². The molecule has 2 atom stereocenters. The Kier molecular flexibility index (Phi) is 3.81. The van der Waals surface area contributed by atoms with Gasteiger partial charge >= 0.3 is 5.97 Å². The van der Waals surface area contributed by atoms with Gasteiger partial charge in [0.2, 0.25) is 5.91 Å². The molecule has 0 aromatic heterocycles. The Labute approximate surface area is 137 Å². The molecule has 0 aliphatic carbocycles. The minimum atomic E-state index is -0.971. The molecule has 0 unspecified atom stereocenters. The van der Waals surface area contributed by atoms with Crippen LogP contribution in [0, 0.1) is 12.8 Å². The van der Waals surface area contributed by atoms with Gasteiger partial charge in [-0.3, -0.25) is 15.0 Å². The summed E-state index contributed by atoms with van der Waals surface area (Å²) in [7, 11) is 0. The van der Waals surface area contributed by atoms with Gasteiger partial charge in [0.15, 0.2) is 5.71 Å². The Balaban J connectivity index is 1.93. The molecule has 2 aliphatic rings. The zero-order valence-corrected chi connectivity index (χ0v) is 13.3. The number of hydrogen-bond donors (Lipinski definition) is 1. The van der Waals surface area contributed by atoms with Crippen LogP contribution in [0.15, 0.2) is 23.3 Å². The smallest absolute Gasteiger partial charge is 0.355 e.